The first kappa shape index (κ1) is 14.5. The largest absolute Gasteiger partial charge is 0.375 e. The van der Waals surface area contributed by atoms with Gasteiger partial charge < -0.3 is 4.74 Å². The Hall–Kier alpha value is -0.0400. The van der Waals surface area contributed by atoms with Crippen molar-refractivity contribution < 1.29 is 4.74 Å². The maximum absolute atomic E-state index is 6.71. The van der Waals surface area contributed by atoms with Gasteiger partial charge in [-0.3, -0.25) is 0 Å². The van der Waals surface area contributed by atoms with Gasteiger partial charge in [0.25, 0.3) is 0 Å². The molecule has 0 aromatic heterocycles. The second-order valence-electron chi connectivity index (χ2n) is 8.60. The van der Waals surface area contributed by atoms with Crippen LogP contribution in [0.3, 0.4) is 0 Å². The van der Waals surface area contributed by atoms with E-state index in [1.165, 1.54) is 77.0 Å². The Bertz CT molecular complexity index is 346. The van der Waals surface area contributed by atoms with E-state index >= 15 is 0 Å². The predicted octanol–water partition coefficient (Wildman–Crippen LogP) is 5.58. The van der Waals surface area contributed by atoms with Gasteiger partial charge in [-0.2, -0.15) is 0 Å². The molecule has 6 unspecified atom stereocenters. The van der Waals surface area contributed by atoms with E-state index in [2.05, 4.69) is 6.92 Å². The van der Waals surface area contributed by atoms with Crippen molar-refractivity contribution in [3.05, 3.63) is 0 Å². The summed E-state index contributed by atoms with van der Waals surface area (Å²) >= 11 is 0. The van der Waals surface area contributed by atoms with Crippen molar-refractivity contribution in [2.45, 2.75) is 96.2 Å². The fourth-order valence-electron chi connectivity index (χ4n) is 6.52. The fraction of sp³-hybridized carbons (Fsp3) is 1.00. The van der Waals surface area contributed by atoms with Crippen LogP contribution in [0.2, 0.25) is 0 Å². The topological polar surface area (TPSA) is 9.23 Å². The molecule has 6 atom stereocenters. The molecule has 0 aromatic carbocycles. The average molecular weight is 290 g/mol. The smallest absolute Gasteiger partial charge is 0.0612 e. The summed E-state index contributed by atoms with van der Waals surface area (Å²) in [7, 11) is 0. The Labute approximate surface area is 131 Å². The highest BCUT2D eigenvalue weighted by Gasteiger charge is 2.54. The third-order valence-electron chi connectivity index (χ3n) is 7.51. The molecule has 1 heteroatoms. The van der Waals surface area contributed by atoms with Crippen LogP contribution < -0.4 is 0 Å². The van der Waals surface area contributed by atoms with Crippen molar-refractivity contribution in [1.82, 2.24) is 0 Å². The summed E-state index contributed by atoms with van der Waals surface area (Å²) in [4.78, 5) is 0. The SMILES string of the molecule is CCC(CC1CCCCC1)OC1CC2CC1C1CCCC21. The Morgan fingerprint density at radius 3 is 2.48 bits per heavy atom. The number of fused-ring (bicyclic) bond motifs is 5. The van der Waals surface area contributed by atoms with Crippen LogP contribution in [0.15, 0.2) is 0 Å². The van der Waals surface area contributed by atoms with Crippen molar-refractivity contribution in [3.63, 3.8) is 0 Å². The lowest BCUT2D eigenvalue weighted by molar-refractivity contribution is -0.0685. The Balaban J connectivity index is 1.32. The minimum Gasteiger partial charge on any atom is -0.375 e. The highest BCUT2D eigenvalue weighted by Crippen LogP contribution is 2.59. The molecular weight excluding hydrogens is 256 g/mol. The normalized spacial score (nSPS) is 44.1. The summed E-state index contributed by atoms with van der Waals surface area (Å²) in [5.41, 5.74) is 0. The van der Waals surface area contributed by atoms with Crippen molar-refractivity contribution in [2.75, 3.05) is 0 Å². The molecule has 4 rings (SSSR count). The van der Waals surface area contributed by atoms with Crippen molar-refractivity contribution in [3.8, 4) is 0 Å². The lowest BCUT2D eigenvalue weighted by Crippen LogP contribution is -2.34. The Kier molecular flexibility index (Phi) is 4.31. The van der Waals surface area contributed by atoms with Gasteiger partial charge in [0.2, 0.25) is 0 Å². The van der Waals surface area contributed by atoms with Crippen LogP contribution in [0.1, 0.15) is 84.0 Å². The minimum atomic E-state index is 0.567. The Morgan fingerprint density at radius 2 is 1.67 bits per heavy atom. The molecule has 0 saturated heterocycles. The summed E-state index contributed by atoms with van der Waals surface area (Å²) in [6.45, 7) is 2.35. The molecule has 4 aliphatic carbocycles. The van der Waals surface area contributed by atoms with E-state index in [-0.39, 0.29) is 0 Å². The number of hydrogen-bond donors (Lipinski definition) is 0. The van der Waals surface area contributed by atoms with Crippen LogP contribution in [0.5, 0.6) is 0 Å². The van der Waals surface area contributed by atoms with Crippen LogP contribution in [0, 0.1) is 29.6 Å². The number of hydrogen-bond acceptors (Lipinski definition) is 1. The minimum absolute atomic E-state index is 0.567. The molecular formula is C20H34O. The Morgan fingerprint density at radius 1 is 0.857 bits per heavy atom. The zero-order valence-electron chi connectivity index (χ0n) is 13.9. The van der Waals surface area contributed by atoms with E-state index in [1.54, 1.807) is 0 Å². The fourth-order valence-corrected chi connectivity index (χ4v) is 6.52. The molecule has 0 N–H and O–H groups in total. The molecule has 1 nitrogen and oxygen atoms in total. The lowest BCUT2D eigenvalue weighted by Gasteiger charge is -2.35. The first-order valence-electron chi connectivity index (χ1n) is 10.0. The van der Waals surface area contributed by atoms with E-state index in [4.69, 9.17) is 4.74 Å². The van der Waals surface area contributed by atoms with Gasteiger partial charge in [-0.05, 0) is 68.1 Å². The second-order valence-corrected chi connectivity index (χ2v) is 8.60. The van der Waals surface area contributed by atoms with Crippen molar-refractivity contribution in [2.24, 2.45) is 29.6 Å². The van der Waals surface area contributed by atoms with Gasteiger partial charge in [0.1, 0.15) is 0 Å². The monoisotopic (exact) mass is 290 g/mol. The molecule has 21 heavy (non-hydrogen) atoms. The van der Waals surface area contributed by atoms with Crippen molar-refractivity contribution >= 4 is 0 Å². The molecule has 0 radical (unpaired) electrons. The summed E-state index contributed by atoms with van der Waals surface area (Å²) in [5, 5.41) is 0. The van der Waals surface area contributed by atoms with Gasteiger partial charge >= 0.3 is 0 Å². The molecule has 0 spiro atoms. The zero-order chi connectivity index (χ0) is 14.2. The average Bonchev–Trinajstić information content (AvgIpc) is 3.20. The van der Waals surface area contributed by atoms with Crippen LogP contribution in [-0.4, -0.2) is 12.2 Å². The molecule has 4 saturated carbocycles. The summed E-state index contributed by atoms with van der Waals surface area (Å²) in [6, 6.07) is 0. The first-order valence-corrected chi connectivity index (χ1v) is 10.0. The van der Waals surface area contributed by atoms with Gasteiger partial charge in [-0.1, -0.05) is 45.4 Å². The maximum Gasteiger partial charge on any atom is 0.0612 e. The predicted molar refractivity (Wildman–Crippen MR) is 87.2 cm³/mol. The van der Waals surface area contributed by atoms with Gasteiger partial charge in [0.05, 0.1) is 12.2 Å². The standard InChI is InChI=1S/C20H34O/c1-2-16(11-14-7-4-3-5-8-14)21-20-13-15-12-19(20)18-10-6-9-17(15)18/h14-20H,2-13H2,1H3. The molecule has 0 aliphatic heterocycles. The van der Waals surface area contributed by atoms with Crippen molar-refractivity contribution in [1.29, 1.82) is 0 Å². The first-order chi connectivity index (χ1) is 10.3. The lowest BCUT2D eigenvalue weighted by atomic mass is 9.80. The van der Waals surface area contributed by atoms with E-state index in [1.807, 2.05) is 0 Å². The third-order valence-corrected chi connectivity index (χ3v) is 7.51. The molecule has 120 valence electrons. The highest BCUT2D eigenvalue weighted by molar-refractivity contribution is 5.03. The van der Waals surface area contributed by atoms with E-state index in [9.17, 15) is 0 Å². The van der Waals surface area contributed by atoms with Crippen LogP contribution in [0.25, 0.3) is 0 Å². The molecule has 0 amide bonds. The second kappa shape index (κ2) is 6.22. The molecule has 0 heterocycles. The molecule has 0 aromatic rings. The van der Waals surface area contributed by atoms with E-state index in [0.717, 1.165) is 29.6 Å². The third kappa shape index (κ3) is 2.80. The van der Waals surface area contributed by atoms with Gasteiger partial charge in [-0.25, -0.2) is 0 Å². The van der Waals surface area contributed by atoms with Crippen LogP contribution in [-0.2, 0) is 4.74 Å². The number of ether oxygens (including phenoxy) is 1. The maximum atomic E-state index is 6.71. The molecule has 2 bridgehead atoms. The van der Waals surface area contributed by atoms with Gasteiger partial charge in [-0.15, -0.1) is 0 Å². The summed E-state index contributed by atoms with van der Waals surface area (Å²) in [5.74, 6) is 5.12. The highest BCUT2D eigenvalue weighted by atomic mass is 16.5. The summed E-state index contributed by atoms with van der Waals surface area (Å²) < 4.78 is 6.71. The summed E-state index contributed by atoms with van der Waals surface area (Å²) in [6.07, 6.45) is 18.7. The van der Waals surface area contributed by atoms with E-state index in [0.29, 0.717) is 12.2 Å². The van der Waals surface area contributed by atoms with Gasteiger partial charge in [0, 0.05) is 0 Å². The van der Waals surface area contributed by atoms with Crippen LogP contribution in [0.4, 0.5) is 0 Å². The van der Waals surface area contributed by atoms with E-state index < -0.39 is 0 Å². The molecule has 4 aliphatic rings. The zero-order valence-corrected chi connectivity index (χ0v) is 13.9. The quantitative estimate of drug-likeness (QED) is 0.642. The number of rotatable bonds is 5. The van der Waals surface area contributed by atoms with Crippen LogP contribution >= 0.6 is 0 Å². The van der Waals surface area contributed by atoms with Gasteiger partial charge in [0.15, 0.2) is 0 Å². The molecule has 4 fully saturated rings.